The minimum absolute atomic E-state index is 0.225. The molecule has 6 heteroatoms. The largest absolute Gasteiger partial charge is 0.610 e. The molecule has 0 fully saturated rings. The Morgan fingerprint density at radius 2 is 2.20 bits per heavy atom. The van der Waals surface area contributed by atoms with Gasteiger partial charge in [0.15, 0.2) is 0 Å². The fraction of sp³-hybridized carbons (Fsp3) is 0.571. The van der Waals surface area contributed by atoms with Gasteiger partial charge < -0.3 is 14.6 Å². The molecule has 0 saturated heterocycles. The van der Waals surface area contributed by atoms with E-state index in [2.05, 4.69) is 17.2 Å². The lowest BCUT2D eigenvalue weighted by atomic mass is 10.2. The second-order valence-corrected chi connectivity index (χ2v) is 6.09. The lowest BCUT2D eigenvalue weighted by molar-refractivity contribution is 0.0600. The van der Waals surface area contributed by atoms with Crippen molar-refractivity contribution in [3.8, 4) is 0 Å². The monoisotopic (exact) mass is 298 g/mol. The summed E-state index contributed by atoms with van der Waals surface area (Å²) in [6.45, 7) is 6.04. The molecule has 0 aliphatic carbocycles. The van der Waals surface area contributed by atoms with Crippen molar-refractivity contribution in [1.82, 2.24) is 4.98 Å². The third kappa shape index (κ3) is 4.68. The van der Waals surface area contributed by atoms with Gasteiger partial charge in [-0.15, -0.1) is 0 Å². The molecule has 0 saturated carbocycles. The average molecular weight is 298 g/mol. The van der Waals surface area contributed by atoms with E-state index >= 15 is 0 Å². The van der Waals surface area contributed by atoms with Crippen LogP contribution in [-0.4, -0.2) is 34.4 Å². The third-order valence-electron chi connectivity index (χ3n) is 2.85. The normalized spacial score (nSPS) is 13.7. The molecule has 0 aliphatic heterocycles. The highest BCUT2D eigenvalue weighted by Gasteiger charge is 2.18. The van der Waals surface area contributed by atoms with Gasteiger partial charge in [0.2, 0.25) is 5.03 Å². The Labute approximate surface area is 123 Å². The lowest BCUT2D eigenvalue weighted by Gasteiger charge is -2.15. The van der Waals surface area contributed by atoms with Gasteiger partial charge in [-0.05, 0) is 25.8 Å². The zero-order valence-electron chi connectivity index (χ0n) is 12.4. The van der Waals surface area contributed by atoms with Crippen molar-refractivity contribution in [3.05, 3.63) is 17.7 Å². The minimum atomic E-state index is -1.20. The van der Waals surface area contributed by atoms with Crippen LogP contribution < -0.4 is 5.32 Å². The topological polar surface area (TPSA) is 74.3 Å². The molecular formula is C14H22N2O3S. The van der Waals surface area contributed by atoms with Gasteiger partial charge in [-0.3, -0.25) is 0 Å². The van der Waals surface area contributed by atoms with Crippen molar-refractivity contribution in [3.63, 3.8) is 0 Å². The number of aromatic nitrogens is 1. The number of pyridine rings is 1. The van der Waals surface area contributed by atoms with Crippen molar-refractivity contribution in [1.29, 1.82) is 0 Å². The lowest BCUT2D eigenvalue weighted by Crippen LogP contribution is -2.17. The quantitative estimate of drug-likeness (QED) is 0.618. The highest BCUT2D eigenvalue weighted by molar-refractivity contribution is 7.91. The van der Waals surface area contributed by atoms with Crippen molar-refractivity contribution in [2.75, 3.05) is 18.2 Å². The highest BCUT2D eigenvalue weighted by Crippen LogP contribution is 2.18. The molecule has 2 atom stereocenters. The molecule has 1 aromatic heterocycles. The fourth-order valence-corrected chi connectivity index (χ4v) is 2.61. The molecule has 112 valence electrons. The number of methoxy groups -OCH3 is 1. The summed E-state index contributed by atoms with van der Waals surface area (Å²) in [5.41, 5.74) is 0.368. The predicted molar refractivity (Wildman–Crippen MR) is 80.5 cm³/mol. The summed E-state index contributed by atoms with van der Waals surface area (Å²) in [5.74, 6) is 0.636. The van der Waals surface area contributed by atoms with Gasteiger partial charge in [-0.2, -0.15) is 4.98 Å². The van der Waals surface area contributed by atoms with Crippen LogP contribution >= 0.6 is 0 Å². The second-order valence-electron chi connectivity index (χ2n) is 4.57. The van der Waals surface area contributed by atoms with Gasteiger partial charge in [0.05, 0.1) is 12.7 Å². The summed E-state index contributed by atoms with van der Waals surface area (Å²) in [6, 6.07) is 3.40. The number of esters is 1. The number of carbonyl (C=O) groups excluding carboxylic acids is 1. The molecule has 0 amide bonds. The first-order valence-corrected chi connectivity index (χ1v) is 8.09. The second kappa shape index (κ2) is 8.11. The van der Waals surface area contributed by atoms with Crippen molar-refractivity contribution in [2.24, 2.45) is 0 Å². The van der Waals surface area contributed by atoms with Gasteiger partial charge in [0, 0.05) is 23.3 Å². The minimum Gasteiger partial charge on any atom is -0.610 e. The van der Waals surface area contributed by atoms with Crippen molar-refractivity contribution in [2.45, 2.75) is 44.7 Å². The number of hydrogen-bond acceptors (Lipinski definition) is 5. The zero-order valence-corrected chi connectivity index (χ0v) is 13.3. The van der Waals surface area contributed by atoms with Gasteiger partial charge in [0.25, 0.3) is 0 Å². The fourth-order valence-electron chi connectivity index (χ4n) is 1.58. The van der Waals surface area contributed by atoms with Crippen LogP contribution in [0.15, 0.2) is 17.2 Å². The summed E-state index contributed by atoms with van der Waals surface area (Å²) >= 11 is -1.20. The molecule has 1 aromatic rings. The van der Waals surface area contributed by atoms with E-state index in [1.54, 1.807) is 12.1 Å². The summed E-state index contributed by atoms with van der Waals surface area (Å²) in [5, 5.41) is 3.61. The number of ether oxygens (including phenoxy) is 1. The average Bonchev–Trinajstić information content (AvgIpc) is 2.46. The van der Waals surface area contributed by atoms with Crippen LogP contribution in [-0.2, 0) is 15.9 Å². The van der Waals surface area contributed by atoms with Crippen LogP contribution in [0, 0.1) is 0 Å². The van der Waals surface area contributed by atoms with E-state index in [4.69, 9.17) is 4.74 Å². The molecule has 1 rings (SSSR count). The maximum Gasteiger partial charge on any atom is 0.338 e. The van der Waals surface area contributed by atoms with Crippen LogP contribution in [0.25, 0.3) is 0 Å². The van der Waals surface area contributed by atoms with E-state index in [1.807, 2.05) is 13.8 Å². The van der Waals surface area contributed by atoms with Gasteiger partial charge in [-0.25, -0.2) is 4.79 Å². The van der Waals surface area contributed by atoms with Crippen molar-refractivity contribution < 1.29 is 14.1 Å². The first-order valence-electron chi connectivity index (χ1n) is 6.77. The highest BCUT2D eigenvalue weighted by atomic mass is 32.2. The van der Waals surface area contributed by atoms with E-state index in [0.29, 0.717) is 22.2 Å². The summed E-state index contributed by atoms with van der Waals surface area (Å²) in [6.07, 6.45) is 1.72. The number of hydrogen-bond donors (Lipinski definition) is 1. The maximum absolute atomic E-state index is 12.1. The van der Waals surface area contributed by atoms with Crippen LogP contribution in [0.5, 0.6) is 0 Å². The molecule has 0 bridgehead atoms. The van der Waals surface area contributed by atoms with Gasteiger partial charge >= 0.3 is 5.97 Å². The molecule has 0 spiro atoms. The number of anilines is 1. The molecule has 5 nitrogen and oxygen atoms in total. The van der Waals surface area contributed by atoms with Crippen LogP contribution in [0.4, 0.5) is 5.82 Å². The summed E-state index contributed by atoms with van der Waals surface area (Å²) in [7, 11) is 1.33. The van der Waals surface area contributed by atoms with Gasteiger partial charge in [-0.1, -0.05) is 13.8 Å². The van der Waals surface area contributed by atoms with E-state index in [-0.39, 0.29) is 6.04 Å². The maximum atomic E-state index is 12.1. The first-order chi connectivity index (χ1) is 9.51. The number of nitrogens with zero attached hydrogens (tertiary/aromatic N) is 1. The first kappa shape index (κ1) is 16.8. The van der Waals surface area contributed by atoms with Crippen molar-refractivity contribution >= 4 is 23.0 Å². The molecule has 0 aliphatic rings. The molecule has 1 N–H and O–H groups in total. The smallest absolute Gasteiger partial charge is 0.338 e. The molecule has 0 radical (unpaired) electrons. The summed E-state index contributed by atoms with van der Waals surface area (Å²) in [4.78, 5) is 16.0. The van der Waals surface area contributed by atoms with E-state index in [0.717, 1.165) is 12.8 Å². The zero-order chi connectivity index (χ0) is 15.1. The van der Waals surface area contributed by atoms with E-state index in [1.165, 1.54) is 7.11 Å². The molecule has 20 heavy (non-hydrogen) atoms. The van der Waals surface area contributed by atoms with Gasteiger partial charge in [0.1, 0.15) is 11.6 Å². The Morgan fingerprint density at radius 1 is 1.50 bits per heavy atom. The van der Waals surface area contributed by atoms with Crippen LogP contribution in [0.2, 0.25) is 0 Å². The van der Waals surface area contributed by atoms with Crippen LogP contribution in [0.1, 0.15) is 44.0 Å². The Hall–Kier alpha value is -1.27. The molecule has 1 heterocycles. The Morgan fingerprint density at radius 3 is 2.75 bits per heavy atom. The Bertz CT molecular complexity index is 454. The van der Waals surface area contributed by atoms with E-state index in [9.17, 15) is 9.35 Å². The standard InChI is InChI=1S/C14H22N2O3S/c1-5-7-20(18)13-9-11(14(17)19-4)8-12(16-13)15-10(3)6-2/h8-10H,5-7H2,1-4H3,(H,15,16). The Kier molecular flexibility index (Phi) is 6.81. The number of nitrogens with one attached hydrogen (secondary N) is 1. The number of carbonyl (C=O) groups is 1. The molecule has 2 unspecified atom stereocenters. The number of rotatable bonds is 7. The SMILES string of the molecule is CCC[S+]([O-])c1cc(C(=O)OC)cc(NC(C)CC)n1. The predicted octanol–water partition coefficient (Wildman–Crippen LogP) is 2.60. The summed E-state index contributed by atoms with van der Waals surface area (Å²) < 4.78 is 16.8. The Balaban J connectivity index is 3.10. The molecular weight excluding hydrogens is 276 g/mol. The molecule has 0 aromatic carbocycles. The van der Waals surface area contributed by atoms with Crippen LogP contribution in [0.3, 0.4) is 0 Å². The van der Waals surface area contributed by atoms with E-state index < -0.39 is 17.1 Å². The third-order valence-corrected chi connectivity index (χ3v) is 4.31.